The van der Waals surface area contributed by atoms with Crippen molar-refractivity contribution in [1.82, 2.24) is 10.3 Å². The molecule has 1 heterocycles. The Morgan fingerprint density at radius 3 is 2.65 bits per heavy atom. The molecular weight excluding hydrogens is 280 g/mol. The van der Waals surface area contributed by atoms with E-state index < -0.39 is 11.5 Å². The van der Waals surface area contributed by atoms with Crippen LogP contribution in [0, 0.1) is 0 Å². The first kappa shape index (κ1) is 16.6. The number of hydrogen-bond donors (Lipinski definition) is 2. The minimum absolute atomic E-state index is 0.126. The van der Waals surface area contributed by atoms with Gasteiger partial charge in [-0.2, -0.15) is 0 Å². The van der Waals surface area contributed by atoms with Gasteiger partial charge in [-0.1, -0.05) is 13.8 Å². The van der Waals surface area contributed by atoms with Crippen molar-refractivity contribution in [2.24, 2.45) is 0 Å². The lowest BCUT2D eigenvalue weighted by atomic mass is 9.99. The molecule has 0 saturated carbocycles. The first-order valence-corrected chi connectivity index (χ1v) is 7.08. The summed E-state index contributed by atoms with van der Waals surface area (Å²) in [5, 5.41) is 12.5. The van der Waals surface area contributed by atoms with Gasteiger partial charge in [-0.15, -0.1) is 11.3 Å². The largest absolute Gasteiger partial charge is 0.481 e. The second kappa shape index (κ2) is 6.81. The number of thiazole rings is 1. The zero-order chi connectivity index (χ0) is 15.3. The van der Waals surface area contributed by atoms with Gasteiger partial charge in [-0.05, 0) is 6.92 Å². The monoisotopic (exact) mass is 300 g/mol. The molecule has 1 aromatic heterocycles. The van der Waals surface area contributed by atoms with Gasteiger partial charge in [0, 0.05) is 13.0 Å². The number of aliphatic carboxylic acids is 1. The summed E-state index contributed by atoms with van der Waals surface area (Å²) < 4.78 is 5.00. The zero-order valence-corrected chi connectivity index (χ0v) is 12.9. The number of aromatic nitrogens is 1. The van der Waals surface area contributed by atoms with Crippen molar-refractivity contribution in [3.8, 4) is 0 Å². The highest BCUT2D eigenvalue weighted by Crippen LogP contribution is 2.22. The van der Waals surface area contributed by atoms with Gasteiger partial charge in [0.2, 0.25) is 0 Å². The lowest BCUT2D eigenvalue weighted by Crippen LogP contribution is -2.50. The third-order valence-electron chi connectivity index (χ3n) is 2.66. The van der Waals surface area contributed by atoms with Gasteiger partial charge in [0.15, 0.2) is 0 Å². The number of nitrogens with one attached hydrogen (secondary N) is 1. The Hall–Kier alpha value is -1.47. The highest BCUT2D eigenvalue weighted by atomic mass is 32.1. The quantitative estimate of drug-likeness (QED) is 0.802. The number of carbonyl (C=O) groups is 2. The Labute approximate surface area is 122 Å². The van der Waals surface area contributed by atoms with Crippen LogP contribution >= 0.6 is 11.3 Å². The fraction of sp³-hybridized carbons (Fsp3) is 0.615. The molecule has 1 atom stereocenters. The first-order chi connectivity index (χ1) is 9.27. The summed E-state index contributed by atoms with van der Waals surface area (Å²) in [6.07, 6.45) is 1.31. The van der Waals surface area contributed by atoms with Crippen LogP contribution in [0.2, 0.25) is 0 Å². The maximum Gasteiger partial charge on any atom is 0.305 e. The number of ether oxygens (including phenoxy) is 1. The molecule has 2 N–H and O–H groups in total. The normalized spacial score (nSPS) is 14.1. The number of methoxy groups -OCH3 is 1. The van der Waals surface area contributed by atoms with Crippen LogP contribution in [0.15, 0.2) is 6.20 Å². The molecule has 0 aromatic carbocycles. The van der Waals surface area contributed by atoms with Crippen LogP contribution in [0.3, 0.4) is 0 Å². The zero-order valence-electron chi connectivity index (χ0n) is 12.1. The van der Waals surface area contributed by atoms with E-state index in [1.54, 1.807) is 6.92 Å². The predicted molar refractivity (Wildman–Crippen MR) is 76.2 cm³/mol. The predicted octanol–water partition coefficient (Wildman–Crippen LogP) is 1.88. The van der Waals surface area contributed by atoms with Crippen molar-refractivity contribution in [2.75, 3.05) is 13.7 Å². The summed E-state index contributed by atoms with van der Waals surface area (Å²) in [4.78, 5) is 27.7. The summed E-state index contributed by atoms with van der Waals surface area (Å²) in [5.41, 5.74) is -0.945. The number of amides is 1. The average Bonchev–Trinajstić information content (AvgIpc) is 2.76. The van der Waals surface area contributed by atoms with E-state index >= 15 is 0 Å². The van der Waals surface area contributed by atoms with E-state index in [0.29, 0.717) is 4.88 Å². The van der Waals surface area contributed by atoms with E-state index in [0.717, 1.165) is 5.01 Å². The highest BCUT2D eigenvalue weighted by molar-refractivity contribution is 7.13. The summed E-state index contributed by atoms with van der Waals surface area (Å²) in [6, 6.07) is 0. The highest BCUT2D eigenvalue weighted by Gasteiger charge is 2.30. The molecule has 0 bridgehead atoms. The Morgan fingerprint density at radius 1 is 1.55 bits per heavy atom. The van der Waals surface area contributed by atoms with Crippen LogP contribution in [0.4, 0.5) is 0 Å². The molecule has 0 aliphatic rings. The molecule has 0 saturated heterocycles. The summed E-state index contributed by atoms with van der Waals surface area (Å²) in [7, 11) is 1.47. The second-order valence-corrected chi connectivity index (χ2v) is 6.30. The van der Waals surface area contributed by atoms with Gasteiger partial charge in [0.1, 0.15) is 4.88 Å². The Morgan fingerprint density at radius 2 is 2.20 bits per heavy atom. The molecule has 1 unspecified atom stereocenters. The van der Waals surface area contributed by atoms with Gasteiger partial charge < -0.3 is 15.2 Å². The SMILES string of the molecule is COCC(C)(CC(=O)O)NC(=O)c1cnc(C(C)C)s1. The Bertz CT molecular complexity index is 486. The summed E-state index contributed by atoms with van der Waals surface area (Å²) in [6.45, 7) is 5.77. The van der Waals surface area contributed by atoms with Crippen molar-refractivity contribution in [1.29, 1.82) is 0 Å². The molecule has 0 fully saturated rings. The van der Waals surface area contributed by atoms with Gasteiger partial charge in [0.25, 0.3) is 5.91 Å². The third-order valence-corrected chi connectivity index (χ3v) is 3.96. The van der Waals surface area contributed by atoms with Crippen LogP contribution in [0.25, 0.3) is 0 Å². The molecule has 112 valence electrons. The molecule has 20 heavy (non-hydrogen) atoms. The molecule has 1 rings (SSSR count). The van der Waals surface area contributed by atoms with E-state index in [4.69, 9.17) is 9.84 Å². The number of carboxylic acid groups (broad SMARTS) is 1. The molecular formula is C13H20N2O4S. The molecule has 0 spiro atoms. The summed E-state index contributed by atoms with van der Waals surface area (Å²) in [5.74, 6) is -1.06. The fourth-order valence-corrected chi connectivity index (χ4v) is 2.59. The van der Waals surface area contributed by atoms with Crippen LogP contribution < -0.4 is 5.32 Å². The van der Waals surface area contributed by atoms with E-state index in [-0.39, 0.29) is 24.9 Å². The molecule has 0 aliphatic heterocycles. The van der Waals surface area contributed by atoms with E-state index in [1.807, 2.05) is 13.8 Å². The van der Waals surface area contributed by atoms with Crippen molar-refractivity contribution >= 4 is 23.2 Å². The number of rotatable bonds is 7. The maximum atomic E-state index is 12.2. The van der Waals surface area contributed by atoms with Crippen LogP contribution in [0.5, 0.6) is 0 Å². The third kappa shape index (κ3) is 4.57. The fourth-order valence-electron chi connectivity index (χ4n) is 1.78. The second-order valence-electron chi connectivity index (χ2n) is 5.24. The van der Waals surface area contributed by atoms with E-state index in [1.165, 1.54) is 24.6 Å². The molecule has 7 heteroatoms. The molecule has 0 aliphatic carbocycles. The van der Waals surface area contributed by atoms with Crippen molar-refractivity contribution < 1.29 is 19.4 Å². The number of hydrogen-bond acceptors (Lipinski definition) is 5. The minimum Gasteiger partial charge on any atom is -0.481 e. The lowest BCUT2D eigenvalue weighted by molar-refractivity contribution is -0.139. The van der Waals surface area contributed by atoms with Crippen LogP contribution in [0.1, 0.15) is 47.8 Å². The van der Waals surface area contributed by atoms with Gasteiger partial charge in [0.05, 0.1) is 29.8 Å². The molecule has 1 aromatic rings. The van der Waals surface area contributed by atoms with Gasteiger partial charge >= 0.3 is 5.97 Å². The number of carboxylic acids is 1. The van der Waals surface area contributed by atoms with E-state index in [2.05, 4.69) is 10.3 Å². The first-order valence-electron chi connectivity index (χ1n) is 6.26. The molecule has 6 nitrogen and oxygen atoms in total. The van der Waals surface area contributed by atoms with Crippen molar-refractivity contribution in [3.05, 3.63) is 16.1 Å². The Balaban J connectivity index is 2.81. The van der Waals surface area contributed by atoms with Gasteiger partial charge in [-0.3, -0.25) is 9.59 Å². The average molecular weight is 300 g/mol. The standard InChI is InChI=1S/C13H20N2O4S/c1-8(2)12-14-6-9(20-12)11(18)15-13(3,7-19-4)5-10(16)17/h6,8H,5,7H2,1-4H3,(H,15,18)(H,16,17). The van der Waals surface area contributed by atoms with E-state index in [9.17, 15) is 9.59 Å². The molecule has 0 radical (unpaired) electrons. The Kier molecular flexibility index (Phi) is 5.64. The topological polar surface area (TPSA) is 88.5 Å². The smallest absolute Gasteiger partial charge is 0.305 e. The van der Waals surface area contributed by atoms with Gasteiger partial charge in [-0.25, -0.2) is 4.98 Å². The van der Waals surface area contributed by atoms with Crippen molar-refractivity contribution in [2.45, 2.75) is 38.6 Å². The number of nitrogens with zero attached hydrogens (tertiary/aromatic N) is 1. The summed E-state index contributed by atoms with van der Waals surface area (Å²) >= 11 is 1.32. The van der Waals surface area contributed by atoms with Crippen molar-refractivity contribution in [3.63, 3.8) is 0 Å². The molecule has 1 amide bonds. The lowest BCUT2D eigenvalue weighted by Gasteiger charge is -2.28. The minimum atomic E-state index is -0.989. The van der Waals surface area contributed by atoms with Crippen LogP contribution in [-0.4, -0.2) is 41.2 Å². The maximum absolute atomic E-state index is 12.2. The van der Waals surface area contributed by atoms with Crippen LogP contribution in [-0.2, 0) is 9.53 Å². The number of carbonyl (C=O) groups excluding carboxylic acids is 1.